The second kappa shape index (κ2) is 4.73. The molecule has 0 saturated heterocycles. The van der Waals surface area contributed by atoms with Gasteiger partial charge in [0.25, 0.3) is 0 Å². The lowest BCUT2D eigenvalue weighted by atomic mass is 10.2. The standard InChI is InChI=1S/C9H19NO/c1-2-9(11)7-10-8-5-3-4-6-8/h8-11H,2-7H2,1H3. The van der Waals surface area contributed by atoms with Crippen LogP contribution in [0.2, 0.25) is 0 Å². The number of rotatable bonds is 4. The molecule has 1 rings (SSSR count). The lowest BCUT2D eigenvalue weighted by Gasteiger charge is -2.14. The molecule has 2 nitrogen and oxygen atoms in total. The van der Waals surface area contributed by atoms with Gasteiger partial charge in [0.05, 0.1) is 6.10 Å². The summed E-state index contributed by atoms with van der Waals surface area (Å²) in [5, 5.41) is 12.6. The first-order chi connectivity index (χ1) is 5.33. The van der Waals surface area contributed by atoms with Gasteiger partial charge in [-0.15, -0.1) is 0 Å². The Bertz CT molecular complexity index is 99.7. The van der Waals surface area contributed by atoms with Gasteiger partial charge in [-0.3, -0.25) is 0 Å². The third-order valence-electron chi connectivity index (χ3n) is 2.47. The van der Waals surface area contributed by atoms with Crippen LogP contribution in [-0.4, -0.2) is 23.8 Å². The second-order valence-electron chi connectivity index (χ2n) is 3.45. The highest BCUT2D eigenvalue weighted by Crippen LogP contribution is 2.17. The van der Waals surface area contributed by atoms with Crippen molar-refractivity contribution in [2.75, 3.05) is 6.54 Å². The minimum absolute atomic E-state index is 0.143. The fraction of sp³-hybridized carbons (Fsp3) is 1.00. The van der Waals surface area contributed by atoms with E-state index >= 15 is 0 Å². The van der Waals surface area contributed by atoms with Crippen molar-refractivity contribution >= 4 is 0 Å². The van der Waals surface area contributed by atoms with Gasteiger partial charge in [-0.25, -0.2) is 0 Å². The molecule has 1 fully saturated rings. The van der Waals surface area contributed by atoms with Gasteiger partial charge in [-0.1, -0.05) is 19.8 Å². The highest BCUT2D eigenvalue weighted by Gasteiger charge is 2.14. The minimum atomic E-state index is -0.143. The molecule has 0 aromatic rings. The molecule has 1 unspecified atom stereocenters. The molecular formula is C9H19NO. The van der Waals surface area contributed by atoms with E-state index in [2.05, 4.69) is 5.32 Å². The molecule has 66 valence electrons. The molecule has 1 aliphatic rings. The van der Waals surface area contributed by atoms with Crippen LogP contribution >= 0.6 is 0 Å². The van der Waals surface area contributed by atoms with Crippen LogP contribution in [-0.2, 0) is 0 Å². The van der Waals surface area contributed by atoms with Gasteiger partial charge in [0, 0.05) is 12.6 Å². The fourth-order valence-electron chi connectivity index (χ4n) is 1.58. The van der Waals surface area contributed by atoms with Crippen LogP contribution in [0, 0.1) is 0 Å². The topological polar surface area (TPSA) is 32.3 Å². The molecule has 2 N–H and O–H groups in total. The maximum Gasteiger partial charge on any atom is 0.0662 e. The summed E-state index contributed by atoms with van der Waals surface area (Å²) in [6.07, 6.45) is 6.04. The first-order valence-electron chi connectivity index (χ1n) is 4.74. The quantitative estimate of drug-likeness (QED) is 0.644. The van der Waals surface area contributed by atoms with E-state index in [1.165, 1.54) is 25.7 Å². The monoisotopic (exact) mass is 157 g/mol. The van der Waals surface area contributed by atoms with Gasteiger partial charge in [-0.05, 0) is 19.3 Å². The highest BCUT2D eigenvalue weighted by atomic mass is 16.3. The zero-order valence-corrected chi connectivity index (χ0v) is 7.34. The van der Waals surface area contributed by atoms with Crippen molar-refractivity contribution in [1.82, 2.24) is 5.32 Å². The average molecular weight is 157 g/mol. The maximum atomic E-state index is 9.26. The number of hydrogen-bond acceptors (Lipinski definition) is 2. The molecule has 0 heterocycles. The van der Waals surface area contributed by atoms with E-state index in [1.54, 1.807) is 0 Å². The number of hydrogen-bond donors (Lipinski definition) is 2. The highest BCUT2D eigenvalue weighted by molar-refractivity contribution is 4.74. The molecule has 0 aliphatic heterocycles. The zero-order valence-electron chi connectivity index (χ0n) is 7.34. The molecule has 1 saturated carbocycles. The van der Waals surface area contributed by atoms with Crippen LogP contribution in [0.3, 0.4) is 0 Å². The summed E-state index contributed by atoms with van der Waals surface area (Å²) in [4.78, 5) is 0. The molecule has 0 bridgehead atoms. The lowest BCUT2D eigenvalue weighted by molar-refractivity contribution is 0.163. The molecular weight excluding hydrogens is 138 g/mol. The molecule has 0 amide bonds. The summed E-state index contributed by atoms with van der Waals surface area (Å²) in [7, 11) is 0. The molecule has 2 heteroatoms. The van der Waals surface area contributed by atoms with Gasteiger partial charge in [-0.2, -0.15) is 0 Å². The second-order valence-corrected chi connectivity index (χ2v) is 3.45. The molecule has 1 atom stereocenters. The predicted octanol–water partition coefficient (Wildman–Crippen LogP) is 1.29. The van der Waals surface area contributed by atoms with Gasteiger partial charge in [0.1, 0.15) is 0 Å². The molecule has 0 radical (unpaired) electrons. The summed E-state index contributed by atoms with van der Waals surface area (Å²) in [6.45, 7) is 2.79. The molecule has 0 aromatic carbocycles. The normalized spacial score (nSPS) is 22.4. The van der Waals surface area contributed by atoms with E-state index in [0.29, 0.717) is 6.04 Å². The Balaban J connectivity index is 2.01. The van der Waals surface area contributed by atoms with E-state index in [1.807, 2.05) is 6.92 Å². The fourth-order valence-corrected chi connectivity index (χ4v) is 1.58. The largest absolute Gasteiger partial charge is 0.392 e. The number of nitrogens with one attached hydrogen (secondary N) is 1. The SMILES string of the molecule is CCC(O)CNC1CCCC1. The third kappa shape index (κ3) is 3.21. The van der Waals surface area contributed by atoms with E-state index in [9.17, 15) is 5.11 Å². The van der Waals surface area contributed by atoms with Crippen LogP contribution in [0.5, 0.6) is 0 Å². The number of aliphatic hydroxyl groups excluding tert-OH is 1. The van der Waals surface area contributed by atoms with Crippen molar-refractivity contribution in [1.29, 1.82) is 0 Å². The van der Waals surface area contributed by atoms with Crippen molar-refractivity contribution < 1.29 is 5.11 Å². The molecule has 11 heavy (non-hydrogen) atoms. The summed E-state index contributed by atoms with van der Waals surface area (Å²) in [5.41, 5.74) is 0. The summed E-state index contributed by atoms with van der Waals surface area (Å²) < 4.78 is 0. The molecule has 0 spiro atoms. The first kappa shape index (κ1) is 9.01. The predicted molar refractivity (Wildman–Crippen MR) is 46.6 cm³/mol. The van der Waals surface area contributed by atoms with Crippen LogP contribution in [0.25, 0.3) is 0 Å². The van der Waals surface area contributed by atoms with Gasteiger partial charge >= 0.3 is 0 Å². The summed E-state index contributed by atoms with van der Waals surface area (Å²) in [6, 6.07) is 0.691. The van der Waals surface area contributed by atoms with E-state index < -0.39 is 0 Å². The zero-order chi connectivity index (χ0) is 8.10. The Kier molecular flexibility index (Phi) is 3.87. The van der Waals surface area contributed by atoms with Gasteiger partial charge < -0.3 is 10.4 Å². The number of aliphatic hydroxyl groups is 1. The van der Waals surface area contributed by atoms with Crippen LogP contribution in [0.4, 0.5) is 0 Å². The smallest absolute Gasteiger partial charge is 0.0662 e. The van der Waals surface area contributed by atoms with Crippen LogP contribution in [0.1, 0.15) is 39.0 Å². The molecule has 0 aromatic heterocycles. The Hall–Kier alpha value is -0.0800. The first-order valence-corrected chi connectivity index (χ1v) is 4.74. The van der Waals surface area contributed by atoms with Crippen LogP contribution in [0.15, 0.2) is 0 Å². The molecule has 1 aliphatic carbocycles. The van der Waals surface area contributed by atoms with Crippen molar-refractivity contribution in [2.24, 2.45) is 0 Å². The summed E-state index contributed by atoms with van der Waals surface area (Å²) in [5.74, 6) is 0. The third-order valence-corrected chi connectivity index (χ3v) is 2.47. The Morgan fingerprint density at radius 3 is 2.64 bits per heavy atom. The van der Waals surface area contributed by atoms with Crippen molar-refractivity contribution in [3.8, 4) is 0 Å². The van der Waals surface area contributed by atoms with E-state index in [4.69, 9.17) is 0 Å². The lowest BCUT2D eigenvalue weighted by Crippen LogP contribution is -2.33. The Morgan fingerprint density at radius 1 is 1.45 bits per heavy atom. The van der Waals surface area contributed by atoms with Crippen molar-refractivity contribution in [3.05, 3.63) is 0 Å². The van der Waals surface area contributed by atoms with E-state index in [-0.39, 0.29) is 6.10 Å². The van der Waals surface area contributed by atoms with Crippen molar-refractivity contribution in [3.63, 3.8) is 0 Å². The van der Waals surface area contributed by atoms with Crippen molar-refractivity contribution in [2.45, 2.75) is 51.2 Å². The summed E-state index contributed by atoms with van der Waals surface area (Å²) >= 11 is 0. The maximum absolute atomic E-state index is 9.26. The van der Waals surface area contributed by atoms with Crippen LogP contribution < -0.4 is 5.32 Å². The Labute approximate surface area is 69.0 Å². The minimum Gasteiger partial charge on any atom is -0.392 e. The van der Waals surface area contributed by atoms with Gasteiger partial charge in [0.15, 0.2) is 0 Å². The Morgan fingerprint density at radius 2 is 2.09 bits per heavy atom. The average Bonchev–Trinajstić information content (AvgIpc) is 2.52. The van der Waals surface area contributed by atoms with Gasteiger partial charge in [0.2, 0.25) is 0 Å². The van der Waals surface area contributed by atoms with E-state index in [0.717, 1.165) is 13.0 Å².